The number of aromatic nitrogens is 2. The zero-order valence-corrected chi connectivity index (χ0v) is 13.5. The summed E-state index contributed by atoms with van der Waals surface area (Å²) in [7, 11) is 0. The number of piperidine rings is 1. The van der Waals surface area contributed by atoms with Gasteiger partial charge in [-0.1, -0.05) is 6.42 Å². The highest BCUT2D eigenvalue weighted by atomic mass is 16.6. The lowest BCUT2D eigenvalue weighted by Gasteiger charge is -2.25. The molecule has 1 aromatic heterocycles. The number of carbonyl (C=O) groups is 2. The van der Waals surface area contributed by atoms with Gasteiger partial charge < -0.3 is 14.2 Å². The van der Waals surface area contributed by atoms with Gasteiger partial charge in [-0.3, -0.25) is 9.58 Å². The average molecular weight is 335 g/mol. The second-order valence-electron chi connectivity index (χ2n) is 6.42. The van der Waals surface area contributed by atoms with Gasteiger partial charge in [0.25, 0.3) is 5.88 Å². The molecule has 8 heteroatoms. The van der Waals surface area contributed by atoms with Gasteiger partial charge in [-0.05, 0) is 38.8 Å². The molecule has 24 heavy (non-hydrogen) atoms. The molecule has 0 N–H and O–H groups in total. The number of likely N-dealkylation sites (tertiary alicyclic amines) is 1. The number of nitrogens with zero attached hydrogens (tertiary/aromatic N) is 3. The predicted molar refractivity (Wildman–Crippen MR) is 81.7 cm³/mol. The molecule has 0 radical (unpaired) electrons. The highest BCUT2D eigenvalue weighted by molar-refractivity contribution is 6.30. The van der Waals surface area contributed by atoms with E-state index in [2.05, 4.69) is 10.00 Å². The van der Waals surface area contributed by atoms with Crippen LogP contribution in [-0.2, 0) is 20.9 Å². The van der Waals surface area contributed by atoms with E-state index in [0.717, 1.165) is 26.1 Å². The van der Waals surface area contributed by atoms with Crippen LogP contribution in [0.1, 0.15) is 43.9 Å². The SMILES string of the molecule is O=C1Oc2c(OCCN3CCCCC3)nn3c2C(CCC3)OC1=O. The first-order valence-corrected chi connectivity index (χ1v) is 8.61. The molecule has 0 saturated carbocycles. The van der Waals surface area contributed by atoms with Crippen molar-refractivity contribution in [3.8, 4) is 11.6 Å². The molecule has 0 amide bonds. The van der Waals surface area contributed by atoms with E-state index in [-0.39, 0.29) is 11.6 Å². The first kappa shape index (κ1) is 15.4. The van der Waals surface area contributed by atoms with E-state index in [4.69, 9.17) is 14.2 Å². The van der Waals surface area contributed by atoms with Crippen LogP contribution in [0.2, 0.25) is 0 Å². The van der Waals surface area contributed by atoms with Crippen molar-refractivity contribution in [2.75, 3.05) is 26.2 Å². The van der Waals surface area contributed by atoms with E-state index >= 15 is 0 Å². The van der Waals surface area contributed by atoms with Crippen molar-refractivity contribution >= 4 is 11.9 Å². The van der Waals surface area contributed by atoms with Gasteiger partial charge in [-0.15, -0.1) is 5.10 Å². The predicted octanol–water partition coefficient (Wildman–Crippen LogP) is 1.04. The number of ether oxygens (including phenoxy) is 3. The Morgan fingerprint density at radius 3 is 2.75 bits per heavy atom. The fraction of sp³-hybridized carbons (Fsp3) is 0.688. The second kappa shape index (κ2) is 6.43. The molecule has 1 atom stereocenters. The Hall–Kier alpha value is -2.09. The summed E-state index contributed by atoms with van der Waals surface area (Å²) < 4.78 is 17.9. The number of carbonyl (C=O) groups excluding carboxylic acids is 2. The third-order valence-electron chi connectivity index (χ3n) is 4.76. The van der Waals surface area contributed by atoms with Crippen LogP contribution in [0.15, 0.2) is 0 Å². The van der Waals surface area contributed by atoms with Crippen LogP contribution in [0, 0.1) is 0 Å². The maximum Gasteiger partial charge on any atom is 0.423 e. The normalized spacial score (nSPS) is 23.9. The molecule has 0 spiro atoms. The highest BCUT2D eigenvalue weighted by Gasteiger charge is 2.39. The van der Waals surface area contributed by atoms with Crippen LogP contribution < -0.4 is 9.47 Å². The number of esters is 2. The summed E-state index contributed by atoms with van der Waals surface area (Å²) in [5.74, 6) is -1.44. The summed E-state index contributed by atoms with van der Waals surface area (Å²) in [6.45, 7) is 4.17. The molecule has 1 unspecified atom stereocenters. The van der Waals surface area contributed by atoms with Crippen LogP contribution in [0.3, 0.4) is 0 Å². The summed E-state index contributed by atoms with van der Waals surface area (Å²) in [6.07, 6.45) is 4.74. The van der Waals surface area contributed by atoms with Crippen LogP contribution in [-0.4, -0.2) is 52.9 Å². The average Bonchev–Trinajstić information content (AvgIpc) is 2.87. The molecule has 4 rings (SSSR count). The minimum atomic E-state index is -1.01. The summed E-state index contributed by atoms with van der Waals surface area (Å²) in [5, 5.41) is 4.40. The Morgan fingerprint density at radius 2 is 1.92 bits per heavy atom. The Kier molecular flexibility index (Phi) is 4.13. The van der Waals surface area contributed by atoms with Crippen molar-refractivity contribution in [3.05, 3.63) is 5.69 Å². The minimum Gasteiger partial charge on any atom is -0.473 e. The molecule has 4 heterocycles. The van der Waals surface area contributed by atoms with E-state index in [1.807, 2.05) is 0 Å². The number of aryl methyl sites for hydroxylation is 1. The molecule has 130 valence electrons. The Balaban J connectivity index is 1.50. The summed E-state index contributed by atoms with van der Waals surface area (Å²) >= 11 is 0. The van der Waals surface area contributed by atoms with Gasteiger partial charge in [0.2, 0.25) is 5.75 Å². The maximum atomic E-state index is 11.7. The van der Waals surface area contributed by atoms with Crippen molar-refractivity contribution in [2.45, 2.75) is 44.8 Å². The van der Waals surface area contributed by atoms with Gasteiger partial charge in [0.05, 0.1) is 0 Å². The fourth-order valence-corrected chi connectivity index (χ4v) is 3.55. The van der Waals surface area contributed by atoms with E-state index in [9.17, 15) is 9.59 Å². The maximum absolute atomic E-state index is 11.7. The van der Waals surface area contributed by atoms with Crippen LogP contribution in [0.4, 0.5) is 0 Å². The molecular weight excluding hydrogens is 314 g/mol. The minimum absolute atomic E-state index is 0.245. The molecule has 0 aromatic carbocycles. The van der Waals surface area contributed by atoms with Gasteiger partial charge in [-0.25, -0.2) is 9.59 Å². The van der Waals surface area contributed by atoms with Crippen LogP contribution in [0.5, 0.6) is 11.6 Å². The molecule has 3 aliphatic heterocycles. The van der Waals surface area contributed by atoms with Gasteiger partial charge in [-0.2, -0.15) is 0 Å². The lowest BCUT2D eigenvalue weighted by atomic mass is 10.1. The van der Waals surface area contributed by atoms with Crippen molar-refractivity contribution in [1.29, 1.82) is 0 Å². The van der Waals surface area contributed by atoms with Gasteiger partial charge in [0.1, 0.15) is 18.4 Å². The van der Waals surface area contributed by atoms with E-state index < -0.39 is 18.0 Å². The van der Waals surface area contributed by atoms with Crippen molar-refractivity contribution < 1.29 is 23.8 Å². The fourth-order valence-electron chi connectivity index (χ4n) is 3.55. The highest BCUT2D eigenvalue weighted by Crippen LogP contribution is 2.42. The Labute approximate surface area is 139 Å². The lowest BCUT2D eigenvalue weighted by Crippen LogP contribution is -2.33. The lowest BCUT2D eigenvalue weighted by molar-refractivity contribution is -0.165. The molecule has 3 aliphatic rings. The van der Waals surface area contributed by atoms with Gasteiger partial charge >= 0.3 is 11.9 Å². The topological polar surface area (TPSA) is 82.9 Å². The Morgan fingerprint density at radius 1 is 1.08 bits per heavy atom. The zero-order chi connectivity index (χ0) is 16.5. The van der Waals surface area contributed by atoms with Crippen molar-refractivity contribution in [1.82, 2.24) is 14.7 Å². The second-order valence-corrected chi connectivity index (χ2v) is 6.42. The molecule has 1 saturated heterocycles. The quantitative estimate of drug-likeness (QED) is 0.600. The first-order chi connectivity index (χ1) is 11.7. The molecule has 0 bridgehead atoms. The smallest absolute Gasteiger partial charge is 0.423 e. The summed E-state index contributed by atoms with van der Waals surface area (Å²) in [4.78, 5) is 25.7. The standard InChI is InChI=1S/C16H21N3O5/c20-15-16(21)24-13-12-11(23-15)5-4-8-19(12)17-14(13)22-10-9-18-6-2-1-3-7-18/h11H,1-10H2. The van der Waals surface area contributed by atoms with Gasteiger partial charge in [0.15, 0.2) is 0 Å². The van der Waals surface area contributed by atoms with E-state index in [1.165, 1.54) is 19.3 Å². The molecular formula is C16H21N3O5. The van der Waals surface area contributed by atoms with E-state index in [1.54, 1.807) is 4.68 Å². The third kappa shape index (κ3) is 2.86. The van der Waals surface area contributed by atoms with Gasteiger partial charge in [0, 0.05) is 13.1 Å². The largest absolute Gasteiger partial charge is 0.473 e. The number of hydrogen-bond donors (Lipinski definition) is 0. The van der Waals surface area contributed by atoms with Crippen LogP contribution >= 0.6 is 0 Å². The number of hydrogen-bond acceptors (Lipinski definition) is 7. The number of rotatable bonds is 4. The zero-order valence-electron chi connectivity index (χ0n) is 13.5. The van der Waals surface area contributed by atoms with E-state index in [0.29, 0.717) is 25.3 Å². The molecule has 1 aromatic rings. The molecule has 8 nitrogen and oxygen atoms in total. The monoisotopic (exact) mass is 335 g/mol. The summed E-state index contributed by atoms with van der Waals surface area (Å²) in [6, 6.07) is 0. The third-order valence-corrected chi connectivity index (χ3v) is 4.76. The van der Waals surface area contributed by atoms with Crippen molar-refractivity contribution in [2.24, 2.45) is 0 Å². The van der Waals surface area contributed by atoms with Crippen molar-refractivity contribution in [3.63, 3.8) is 0 Å². The first-order valence-electron chi connectivity index (χ1n) is 8.61. The molecule has 0 aliphatic carbocycles. The molecule has 1 fully saturated rings. The van der Waals surface area contributed by atoms with Crippen LogP contribution in [0.25, 0.3) is 0 Å². The summed E-state index contributed by atoms with van der Waals surface area (Å²) in [5.41, 5.74) is 0.633. The Bertz CT molecular complexity index is 650.